The number of aromatic nitrogens is 3. The van der Waals surface area contributed by atoms with Crippen LogP contribution in [0.25, 0.3) is 0 Å². The smallest absolute Gasteiger partial charge is 0.283 e. The quantitative estimate of drug-likeness (QED) is 0.515. The van der Waals surface area contributed by atoms with Crippen molar-refractivity contribution in [2.24, 2.45) is 0 Å². The number of amides is 1. The molecule has 0 radical (unpaired) electrons. The third-order valence-electron chi connectivity index (χ3n) is 4.71. The van der Waals surface area contributed by atoms with E-state index < -0.39 is 15.9 Å². The lowest BCUT2D eigenvalue weighted by Gasteiger charge is -2.17. The third kappa shape index (κ3) is 4.67. The fourth-order valence-electron chi connectivity index (χ4n) is 3.19. The van der Waals surface area contributed by atoms with Crippen molar-refractivity contribution >= 4 is 15.9 Å². The van der Waals surface area contributed by atoms with Crippen LogP contribution < -0.4 is 18.9 Å². The first kappa shape index (κ1) is 23.1. The Balaban J connectivity index is 1.93. The van der Waals surface area contributed by atoms with Crippen LogP contribution in [0, 0.1) is 0 Å². The van der Waals surface area contributed by atoms with Gasteiger partial charge in [0.1, 0.15) is 17.2 Å². The van der Waals surface area contributed by atoms with Crippen LogP contribution in [0.1, 0.15) is 28.5 Å². The van der Waals surface area contributed by atoms with Gasteiger partial charge in [0, 0.05) is 18.0 Å². The van der Waals surface area contributed by atoms with Gasteiger partial charge >= 0.3 is 0 Å². The van der Waals surface area contributed by atoms with E-state index in [0.717, 1.165) is 0 Å². The van der Waals surface area contributed by atoms with Gasteiger partial charge in [-0.15, -0.1) is 0 Å². The summed E-state index contributed by atoms with van der Waals surface area (Å²) in [6.07, 6.45) is 3.95. The molecule has 0 bridgehead atoms. The largest absolute Gasteiger partial charge is 0.495 e. The molecule has 1 aromatic carbocycles. The van der Waals surface area contributed by atoms with E-state index in [4.69, 9.17) is 14.2 Å². The summed E-state index contributed by atoms with van der Waals surface area (Å²) >= 11 is 0. The SMILES string of the molecule is CCc1ccc(OC)c(S(=O)(=O)NC(=O)c2ccc(Cn3cccn3)c(OC)n2)c1OC. The summed E-state index contributed by atoms with van der Waals surface area (Å²) < 4.78 is 45.8. The molecule has 10 nitrogen and oxygen atoms in total. The van der Waals surface area contributed by atoms with Crippen molar-refractivity contribution in [2.45, 2.75) is 24.8 Å². The highest BCUT2D eigenvalue weighted by Crippen LogP contribution is 2.36. The number of benzene rings is 1. The van der Waals surface area contributed by atoms with Gasteiger partial charge in [-0.1, -0.05) is 13.0 Å². The number of nitrogens with one attached hydrogen (secondary N) is 1. The summed E-state index contributed by atoms with van der Waals surface area (Å²) in [7, 11) is -0.225. The summed E-state index contributed by atoms with van der Waals surface area (Å²) in [5.74, 6) is -0.555. The average Bonchev–Trinajstić information content (AvgIpc) is 3.30. The Hall–Kier alpha value is -3.60. The first-order valence-electron chi connectivity index (χ1n) is 9.66. The van der Waals surface area contributed by atoms with E-state index >= 15 is 0 Å². The highest BCUT2D eigenvalue weighted by molar-refractivity contribution is 7.90. The zero-order valence-electron chi connectivity index (χ0n) is 18.2. The van der Waals surface area contributed by atoms with Crippen molar-refractivity contribution < 1.29 is 27.4 Å². The highest BCUT2D eigenvalue weighted by Gasteiger charge is 2.29. The standard InChI is InChI=1S/C21H24N4O6S/c1-5-14-8-10-17(29-2)19(18(14)30-3)32(27,28)24-20(26)16-9-7-15(21(23-16)31-4)13-25-12-6-11-22-25/h6-12H,5,13H2,1-4H3,(H,24,26). The molecule has 0 fully saturated rings. The van der Waals surface area contributed by atoms with Gasteiger partial charge in [0.2, 0.25) is 5.88 Å². The van der Waals surface area contributed by atoms with Crippen LogP contribution in [-0.2, 0) is 23.0 Å². The molecule has 0 atom stereocenters. The number of carbonyl (C=O) groups is 1. The van der Waals surface area contributed by atoms with Crippen LogP contribution in [0.5, 0.6) is 17.4 Å². The van der Waals surface area contributed by atoms with Gasteiger partial charge in [0.15, 0.2) is 4.90 Å². The van der Waals surface area contributed by atoms with E-state index in [2.05, 4.69) is 10.1 Å². The summed E-state index contributed by atoms with van der Waals surface area (Å²) in [5.41, 5.74) is 1.21. The van der Waals surface area contributed by atoms with E-state index in [1.54, 1.807) is 35.3 Å². The van der Waals surface area contributed by atoms with Gasteiger partial charge in [-0.3, -0.25) is 9.48 Å². The highest BCUT2D eigenvalue weighted by atomic mass is 32.2. The number of sulfonamides is 1. The van der Waals surface area contributed by atoms with Crippen LogP contribution in [-0.4, -0.2) is 50.4 Å². The Labute approximate surface area is 186 Å². The lowest BCUT2D eigenvalue weighted by atomic mass is 10.1. The van der Waals surface area contributed by atoms with Gasteiger partial charge in [0.25, 0.3) is 15.9 Å². The number of hydrogen-bond acceptors (Lipinski definition) is 8. The molecule has 3 rings (SSSR count). The van der Waals surface area contributed by atoms with Crippen LogP contribution in [0.3, 0.4) is 0 Å². The van der Waals surface area contributed by atoms with Crippen LogP contribution >= 0.6 is 0 Å². The van der Waals surface area contributed by atoms with Gasteiger partial charge in [-0.2, -0.15) is 5.10 Å². The van der Waals surface area contributed by atoms with Gasteiger partial charge in [-0.05, 0) is 36.2 Å². The molecule has 2 aromatic heterocycles. The number of rotatable bonds is 9. The number of ether oxygens (including phenoxy) is 3. The minimum absolute atomic E-state index is 0.0551. The van der Waals surface area contributed by atoms with Gasteiger partial charge in [0.05, 0.1) is 27.9 Å². The fraction of sp³-hybridized carbons (Fsp3) is 0.286. The van der Waals surface area contributed by atoms with Crippen LogP contribution in [0.2, 0.25) is 0 Å². The number of aryl methyl sites for hydroxylation is 1. The molecule has 32 heavy (non-hydrogen) atoms. The lowest BCUT2D eigenvalue weighted by Crippen LogP contribution is -2.32. The van der Waals surface area contributed by atoms with Crippen molar-refractivity contribution in [1.29, 1.82) is 0 Å². The van der Waals surface area contributed by atoms with Crippen molar-refractivity contribution in [3.05, 3.63) is 59.5 Å². The fourth-order valence-corrected chi connectivity index (χ4v) is 4.51. The van der Waals surface area contributed by atoms with Gasteiger partial charge in [-0.25, -0.2) is 18.1 Å². The molecule has 170 valence electrons. The third-order valence-corrected chi connectivity index (χ3v) is 6.09. The van der Waals surface area contributed by atoms with Crippen molar-refractivity contribution in [3.63, 3.8) is 0 Å². The summed E-state index contributed by atoms with van der Waals surface area (Å²) in [4.78, 5) is 16.7. The maximum atomic E-state index is 13.1. The first-order valence-corrected chi connectivity index (χ1v) is 11.1. The van der Waals surface area contributed by atoms with Crippen LogP contribution in [0.4, 0.5) is 0 Å². The Morgan fingerprint density at radius 3 is 2.41 bits per heavy atom. The molecule has 0 aliphatic heterocycles. The van der Waals surface area contributed by atoms with E-state index in [1.165, 1.54) is 33.5 Å². The molecule has 1 amide bonds. The van der Waals surface area contributed by atoms with E-state index in [0.29, 0.717) is 24.1 Å². The molecule has 0 aliphatic rings. The summed E-state index contributed by atoms with van der Waals surface area (Å²) in [5, 5.41) is 4.12. The molecule has 0 spiro atoms. The van der Waals surface area contributed by atoms with Gasteiger partial charge < -0.3 is 14.2 Å². The predicted molar refractivity (Wildman–Crippen MR) is 116 cm³/mol. The molecule has 2 heterocycles. The number of nitrogens with zero attached hydrogens (tertiary/aromatic N) is 3. The van der Waals surface area contributed by atoms with E-state index in [9.17, 15) is 13.2 Å². The zero-order chi connectivity index (χ0) is 23.3. The average molecular weight is 461 g/mol. The molecule has 0 unspecified atom stereocenters. The molecule has 0 aliphatic carbocycles. The molecule has 11 heteroatoms. The Morgan fingerprint density at radius 2 is 1.81 bits per heavy atom. The maximum Gasteiger partial charge on any atom is 0.283 e. The Kier molecular flexibility index (Phi) is 6.98. The van der Waals surface area contributed by atoms with Crippen molar-refractivity contribution in [3.8, 4) is 17.4 Å². The summed E-state index contributed by atoms with van der Waals surface area (Å²) in [6.45, 7) is 2.24. The monoisotopic (exact) mass is 460 g/mol. The van der Waals surface area contributed by atoms with E-state index in [-0.39, 0.29) is 28.0 Å². The maximum absolute atomic E-state index is 13.1. The first-order chi connectivity index (χ1) is 15.3. The molecular formula is C21H24N4O6S. The number of carbonyl (C=O) groups excluding carboxylic acids is 1. The van der Waals surface area contributed by atoms with Crippen molar-refractivity contribution in [2.75, 3.05) is 21.3 Å². The second-order valence-corrected chi connectivity index (χ2v) is 8.27. The molecule has 3 aromatic rings. The van der Waals surface area contributed by atoms with Crippen molar-refractivity contribution in [1.82, 2.24) is 19.5 Å². The minimum Gasteiger partial charge on any atom is -0.495 e. The summed E-state index contributed by atoms with van der Waals surface area (Å²) in [6, 6.07) is 8.06. The second kappa shape index (κ2) is 9.69. The molecule has 0 saturated heterocycles. The predicted octanol–water partition coefficient (Wildman–Crippen LogP) is 2.03. The normalized spacial score (nSPS) is 11.1. The second-order valence-electron chi connectivity index (χ2n) is 6.65. The molecule has 0 saturated carbocycles. The lowest BCUT2D eigenvalue weighted by molar-refractivity contribution is 0.0975. The number of pyridine rings is 1. The van der Waals surface area contributed by atoms with Crippen LogP contribution in [0.15, 0.2) is 47.6 Å². The Bertz CT molecular complexity index is 1210. The molecular weight excluding hydrogens is 436 g/mol. The van der Waals surface area contributed by atoms with E-state index in [1.807, 2.05) is 11.6 Å². The zero-order valence-corrected chi connectivity index (χ0v) is 19.0. The number of methoxy groups -OCH3 is 3. The number of hydrogen-bond donors (Lipinski definition) is 1. The molecule has 1 N–H and O–H groups in total. The topological polar surface area (TPSA) is 122 Å². The Morgan fingerprint density at radius 1 is 1.06 bits per heavy atom. The minimum atomic E-state index is -4.34.